The highest BCUT2D eigenvalue weighted by atomic mass is 16.5. The highest BCUT2D eigenvalue weighted by molar-refractivity contribution is 5.91. The first-order valence-electron chi connectivity index (χ1n) is 14.4. The average molecular weight is 580 g/mol. The first-order valence-corrected chi connectivity index (χ1v) is 14.4. The molecule has 2 rings (SSSR count). The number of carbonyl (C=O) groups is 3. The normalized spacial score (nSPS) is 14.6. The molecule has 3 atom stereocenters. The van der Waals surface area contributed by atoms with E-state index in [4.69, 9.17) is 4.74 Å². The molecule has 0 aromatic heterocycles. The van der Waals surface area contributed by atoms with Gasteiger partial charge in [-0.3, -0.25) is 9.59 Å². The fourth-order valence-corrected chi connectivity index (χ4v) is 5.01. The van der Waals surface area contributed by atoms with Crippen molar-refractivity contribution in [3.05, 3.63) is 77.4 Å². The van der Waals surface area contributed by atoms with E-state index in [1.165, 1.54) is 6.92 Å². The third kappa shape index (κ3) is 8.92. The number of aliphatic carboxylic acids is 1. The quantitative estimate of drug-likeness (QED) is 0.283. The zero-order chi connectivity index (χ0) is 31.8. The van der Waals surface area contributed by atoms with Crippen LogP contribution in [0, 0.1) is 11.3 Å². The monoisotopic (exact) mass is 579 g/mol. The van der Waals surface area contributed by atoms with Crippen molar-refractivity contribution in [3.63, 3.8) is 0 Å². The molecule has 1 unspecified atom stereocenters. The van der Waals surface area contributed by atoms with Gasteiger partial charge in [0.15, 0.2) is 0 Å². The first-order chi connectivity index (χ1) is 19.5. The van der Waals surface area contributed by atoms with Gasteiger partial charge in [-0.25, -0.2) is 4.79 Å². The number of nitrogens with one attached hydrogen (secondary N) is 2. The van der Waals surface area contributed by atoms with Gasteiger partial charge < -0.3 is 25.4 Å². The Bertz CT molecular complexity index is 1230. The van der Waals surface area contributed by atoms with Crippen molar-refractivity contribution in [1.82, 2.24) is 15.5 Å². The van der Waals surface area contributed by atoms with Crippen LogP contribution in [0.1, 0.15) is 66.5 Å². The molecule has 8 nitrogen and oxygen atoms in total. The lowest BCUT2D eigenvalue weighted by molar-refractivity contribution is -0.141. The molecule has 0 spiro atoms. The molecule has 230 valence electrons. The zero-order valence-corrected chi connectivity index (χ0v) is 26.8. The van der Waals surface area contributed by atoms with Crippen LogP contribution in [0.3, 0.4) is 0 Å². The predicted octanol–water partition coefficient (Wildman–Crippen LogP) is 5.18. The van der Waals surface area contributed by atoms with Gasteiger partial charge in [0.05, 0.1) is 12.1 Å². The first kappa shape index (κ1) is 34.6. The van der Waals surface area contributed by atoms with Gasteiger partial charge in [0, 0.05) is 18.0 Å². The van der Waals surface area contributed by atoms with Gasteiger partial charge in [0.25, 0.3) is 0 Å². The lowest BCUT2D eigenvalue weighted by Crippen LogP contribution is -2.61. The Morgan fingerprint density at radius 1 is 0.952 bits per heavy atom. The lowest BCUT2D eigenvalue weighted by Gasteiger charge is -2.40. The standard InChI is InChI=1S/C34H49N3O5/c1-22(2)27(20-23(3)32(40)41)37(10)31(39)29(33(4,5)6)36-30(38)28(35-9)34(7,8)25-16-18-26(19-17-25)42-21-24-14-12-11-13-15-24/h11-20,22,27-29,35H,21H2,1-10H3,(H,36,38)(H,40,41)/b23-20+/t27-,28-,29?/m1/s1. The maximum atomic E-state index is 13.9. The van der Waals surface area contributed by atoms with E-state index in [1.54, 1.807) is 25.1 Å². The fraction of sp³-hybridized carbons (Fsp3) is 0.500. The predicted molar refractivity (Wildman–Crippen MR) is 167 cm³/mol. The van der Waals surface area contributed by atoms with Crippen molar-refractivity contribution in [3.8, 4) is 5.75 Å². The molecule has 3 N–H and O–H groups in total. The summed E-state index contributed by atoms with van der Waals surface area (Å²) in [6.45, 7) is 15.5. The van der Waals surface area contributed by atoms with Gasteiger partial charge in [-0.2, -0.15) is 0 Å². The number of amides is 2. The molecule has 0 aliphatic rings. The number of benzene rings is 2. The molecular weight excluding hydrogens is 530 g/mol. The second-order valence-corrected chi connectivity index (χ2v) is 12.9. The third-order valence-electron chi connectivity index (χ3n) is 7.75. The van der Waals surface area contributed by atoms with E-state index in [0.29, 0.717) is 6.61 Å². The van der Waals surface area contributed by atoms with Gasteiger partial charge in [-0.05, 0) is 48.6 Å². The number of likely N-dealkylation sites (N-methyl/N-ethyl adjacent to an activating group) is 2. The molecule has 0 aliphatic heterocycles. The van der Waals surface area contributed by atoms with Crippen LogP contribution in [0.15, 0.2) is 66.2 Å². The molecule has 0 saturated carbocycles. The van der Waals surface area contributed by atoms with Crippen LogP contribution in [-0.2, 0) is 26.4 Å². The number of carboxylic acids is 1. The fourth-order valence-electron chi connectivity index (χ4n) is 5.01. The number of hydrogen-bond donors (Lipinski definition) is 3. The molecule has 0 heterocycles. The Hall–Kier alpha value is -3.65. The minimum absolute atomic E-state index is 0.0341. The number of hydrogen-bond acceptors (Lipinski definition) is 5. The van der Waals surface area contributed by atoms with Gasteiger partial charge in [0.2, 0.25) is 11.8 Å². The molecule has 0 saturated heterocycles. The van der Waals surface area contributed by atoms with Crippen LogP contribution in [-0.4, -0.2) is 60.0 Å². The Morgan fingerprint density at radius 2 is 1.52 bits per heavy atom. The van der Waals surface area contributed by atoms with E-state index in [-0.39, 0.29) is 23.3 Å². The van der Waals surface area contributed by atoms with E-state index < -0.39 is 34.9 Å². The van der Waals surface area contributed by atoms with Crippen LogP contribution in [0.5, 0.6) is 5.75 Å². The molecule has 0 bridgehead atoms. The van der Waals surface area contributed by atoms with Crippen molar-refractivity contribution in [2.24, 2.45) is 11.3 Å². The summed E-state index contributed by atoms with van der Waals surface area (Å²) in [7, 11) is 3.39. The summed E-state index contributed by atoms with van der Waals surface area (Å²) >= 11 is 0. The second kappa shape index (κ2) is 14.5. The summed E-state index contributed by atoms with van der Waals surface area (Å²) in [5, 5.41) is 15.6. The van der Waals surface area contributed by atoms with Gasteiger partial charge in [-0.15, -0.1) is 0 Å². The van der Waals surface area contributed by atoms with E-state index in [9.17, 15) is 19.5 Å². The van der Waals surface area contributed by atoms with Crippen molar-refractivity contribution in [1.29, 1.82) is 0 Å². The molecule has 2 aromatic rings. The second-order valence-electron chi connectivity index (χ2n) is 12.9. The topological polar surface area (TPSA) is 108 Å². The number of carbonyl (C=O) groups excluding carboxylic acids is 2. The number of rotatable bonds is 13. The highest BCUT2D eigenvalue weighted by Gasteiger charge is 2.41. The third-order valence-corrected chi connectivity index (χ3v) is 7.75. The minimum atomic E-state index is -1.03. The molecule has 8 heteroatoms. The summed E-state index contributed by atoms with van der Waals surface area (Å²) in [4.78, 5) is 40.7. The van der Waals surface area contributed by atoms with Gasteiger partial charge in [-0.1, -0.05) is 97.0 Å². The summed E-state index contributed by atoms with van der Waals surface area (Å²) in [6.07, 6.45) is 1.60. The lowest BCUT2D eigenvalue weighted by atomic mass is 9.76. The van der Waals surface area contributed by atoms with Crippen molar-refractivity contribution < 1.29 is 24.2 Å². The minimum Gasteiger partial charge on any atom is -0.489 e. The number of carboxylic acid groups (broad SMARTS) is 1. The van der Waals surface area contributed by atoms with Gasteiger partial charge in [0.1, 0.15) is 18.4 Å². The Morgan fingerprint density at radius 3 is 2.00 bits per heavy atom. The van der Waals surface area contributed by atoms with Gasteiger partial charge >= 0.3 is 5.97 Å². The largest absolute Gasteiger partial charge is 0.489 e. The van der Waals surface area contributed by atoms with E-state index in [0.717, 1.165) is 16.9 Å². The molecular formula is C34H49N3O5. The van der Waals surface area contributed by atoms with Crippen LogP contribution < -0.4 is 15.4 Å². The smallest absolute Gasteiger partial charge is 0.331 e. The summed E-state index contributed by atoms with van der Waals surface area (Å²) in [5.74, 6) is -0.911. The maximum Gasteiger partial charge on any atom is 0.331 e. The van der Waals surface area contributed by atoms with Crippen molar-refractivity contribution in [2.75, 3.05) is 14.1 Å². The van der Waals surface area contributed by atoms with E-state index in [2.05, 4.69) is 10.6 Å². The number of ether oxygens (including phenoxy) is 1. The zero-order valence-electron chi connectivity index (χ0n) is 26.8. The van der Waals surface area contributed by atoms with Crippen LogP contribution in [0.2, 0.25) is 0 Å². The Balaban J connectivity index is 2.26. The average Bonchev–Trinajstić information content (AvgIpc) is 2.92. The maximum absolute atomic E-state index is 13.9. The Kier molecular flexibility index (Phi) is 11.9. The van der Waals surface area contributed by atoms with Crippen molar-refractivity contribution >= 4 is 17.8 Å². The highest BCUT2D eigenvalue weighted by Crippen LogP contribution is 2.30. The SMILES string of the molecule is CN[C@H](C(=O)NC(C(=O)N(C)[C@H](/C=C(\C)C(=O)O)C(C)C)C(C)(C)C)C(C)(C)c1ccc(OCc2ccccc2)cc1. The summed E-state index contributed by atoms with van der Waals surface area (Å²) in [5.41, 5.74) is 0.951. The molecule has 2 aromatic carbocycles. The van der Waals surface area contributed by atoms with Crippen LogP contribution in [0.4, 0.5) is 0 Å². The van der Waals surface area contributed by atoms with Crippen LogP contribution >= 0.6 is 0 Å². The van der Waals surface area contributed by atoms with E-state index in [1.807, 2.05) is 103 Å². The molecule has 0 radical (unpaired) electrons. The molecule has 0 aliphatic carbocycles. The summed E-state index contributed by atoms with van der Waals surface area (Å²) < 4.78 is 5.93. The molecule has 2 amide bonds. The summed E-state index contributed by atoms with van der Waals surface area (Å²) in [6, 6.07) is 15.7. The molecule has 42 heavy (non-hydrogen) atoms. The number of nitrogens with zero attached hydrogens (tertiary/aromatic N) is 1. The van der Waals surface area contributed by atoms with Crippen molar-refractivity contribution in [2.45, 2.75) is 85.5 Å². The molecule has 0 fully saturated rings. The Labute approximate surface area is 251 Å². The van der Waals surface area contributed by atoms with Crippen LogP contribution in [0.25, 0.3) is 0 Å². The van der Waals surface area contributed by atoms with E-state index >= 15 is 0 Å².